The molecule has 0 aliphatic heterocycles. The maximum atomic E-state index is 11.7. The first kappa shape index (κ1) is 12.6. The summed E-state index contributed by atoms with van der Waals surface area (Å²) in [5.41, 5.74) is 1.39. The molecule has 0 saturated carbocycles. The molecule has 1 N–H and O–H groups in total. The Balaban J connectivity index is 1.91. The minimum atomic E-state index is -0.0707. The Bertz CT molecular complexity index is 538. The molecule has 2 heterocycles. The van der Waals surface area contributed by atoms with Gasteiger partial charge in [-0.1, -0.05) is 11.6 Å². The number of nitrogens with one attached hydrogen (secondary N) is 1. The third-order valence-corrected chi connectivity index (χ3v) is 2.71. The number of aryl methyl sites for hydroxylation is 2. The van der Waals surface area contributed by atoms with E-state index in [-0.39, 0.29) is 5.91 Å². The van der Waals surface area contributed by atoms with E-state index in [1.807, 2.05) is 6.07 Å². The van der Waals surface area contributed by atoms with Gasteiger partial charge < -0.3 is 9.73 Å². The largest absolute Gasteiger partial charge is 0.469 e. The number of rotatable bonds is 4. The zero-order valence-electron chi connectivity index (χ0n) is 9.94. The summed E-state index contributed by atoms with van der Waals surface area (Å²) >= 11 is 5.75. The molecule has 94 valence electrons. The van der Waals surface area contributed by atoms with Gasteiger partial charge in [0.1, 0.15) is 10.9 Å². The quantitative estimate of drug-likeness (QED) is 0.863. The van der Waals surface area contributed by atoms with Crippen molar-refractivity contribution in [3.8, 4) is 0 Å². The fourth-order valence-corrected chi connectivity index (χ4v) is 1.76. The molecule has 0 bridgehead atoms. The van der Waals surface area contributed by atoms with E-state index < -0.39 is 0 Å². The standard InChI is InChI=1S/C13H13ClN2O2/c1-9-11(5-6-12(14)15-9)16-13(17)7-4-10-3-2-8-18-10/h2-3,5-6,8H,4,7H2,1H3,(H,16,17). The van der Waals surface area contributed by atoms with Crippen molar-refractivity contribution < 1.29 is 9.21 Å². The molecule has 0 unspecified atom stereocenters. The van der Waals surface area contributed by atoms with Crippen LogP contribution >= 0.6 is 11.6 Å². The summed E-state index contributed by atoms with van der Waals surface area (Å²) in [6.45, 7) is 1.80. The highest BCUT2D eigenvalue weighted by atomic mass is 35.5. The number of carbonyl (C=O) groups excluding carboxylic acids is 1. The number of amides is 1. The SMILES string of the molecule is Cc1nc(Cl)ccc1NC(=O)CCc1ccco1. The number of furan rings is 1. The van der Waals surface area contributed by atoms with Gasteiger partial charge in [-0.25, -0.2) is 4.98 Å². The lowest BCUT2D eigenvalue weighted by molar-refractivity contribution is -0.116. The summed E-state index contributed by atoms with van der Waals surface area (Å²) in [6.07, 6.45) is 2.55. The molecule has 5 heteroatoms. The van der Waals surface area contributed by atoms with Gasteiger partial charge in [0, 0.05) is 12.8 Å². The van der Waals surface area contributed by atoms with Crippen molar-refractivity contribution in [2.75, 3.05) is 5.32 Å². The molecular formula is C13H13ClN2O2. The summed E-state index contributed by atoms with van der Waals surface area (Å²) in [7, 11) is 0. The van der Waals surface area contributed by atoms with Crippen molar-refractivity contribution in [2.24, 2.45) is 0 Å². The van der Waals surface area contributed by atoms with E-state index in [0.717, 1.165) is 5.76 Å². The number of aromatic nitrogens is 1. The Labute approximate surface area is 110 Å². The third kappa shape index (κ3) is 3.34. The number of pyridine rings is 1. The van der Waals surface area contributed by atoms with Crippen LogP contribution < -0.4 is 5.32 Å². The van der Waals surface area contributed by atoms with Gasteiger partial charge in [0.15, 0.2) is 0 Å². The Morgan fingerprint density at radius 2 is 2.28 bits per heavy atom. The van der Waals surface area contributed by atoms with Crippen LogP contribution in [-0.4, -0.2) is 10.9 Å². The fraction of sp³-hybridized carbons (Fsp3) is 0.231. The highest BCUT2D eigenvalue weighted by Crippen LogP contribution is 2.16. The van der Waals surface area contributed by atoms with E-state index in [1.165, 1.54) is 0 Å². The molecule has 2 rings (SSSR count). The van der Waals surface area contributed by atoms with Gasteiger partial charge in [-0.05, 0) is 31.2 Å². The summed E-state index contributed by atoms with van der Waals surface area (Å²) in [4.78, 5) is 15.8. The van der Waals surface area contributed by atoms with Crippen LogP contribution in [0.15, 0.2) is 34.9 Å². The lowest BCUT2D eigenvalue weighted by atomic mass is 10.2. The van der Waals surface area contributed by atoms with E-state index >= 15 is 0 Å². The Morgan fingerprint density at radius 1 is 1.44 bits per heavy atom. The summed E-state index contributed by atoms with van der Waals surface area (Å²) in [5.74, 6) is 0.731. The molecule has 2 aromatic rings. The molecule has 0 aliphatic carbocycles. The predicted octanol–water partition coefficient (Wildman–Crippen LogP) is 3.21. The van der Waals surface area contributed by atoms with Crippen molar-refractivity contribution in [3.05, 3.63) is 47.1 Å². The number of nitrogens with zero attached hydrogens (tertiary/aromatic N) is 1. The predicted molar refractivity (Wildman–Crippen MR) is 69.6 cm³/mol. The molecule has 18 heavy (non-hydrogen) atoms. The number of halogens is 1. The first-order valence-corrected chi connectivity index (χ1v) is 5.98. The second-order valence-electron chi connectivity index (χ2n) is 3.89. The van der Waals surface area contributed by atoms with Crippen molar-refractivity contribution in [2.45, 2.75) is 19.8 Å². The molecule has 0 radical (unpaired) electrons. The summed E-state index contributed by atoms with van der Waals surface area (Å²) < 4.78 is 5.16. The van der Waals surface area contributed by atoms with Gasteiger partial charge in [-0.15, -0.1) is 0 Å². The first-order valence-electron chi connectivity index (χ1n) is 5.60. The second kappa shape index (κ2) is 5.69. The van der Waals surface area contributed by atoms with E-state index in [1.54, 1.807) is 31.4 Å². The molecule has 0 atom stereocenters. The second-order valence-corrected chi connectivity index (χ2v) is 4.28. The highest BCUT2D eigenvalue weighted by molar-refractivity contribution is 6.29. The van der Waals surface area contributed by atoms with Crippen LogP contribution in [0.1, 0.15) is 17.9 Å². The van der Waals surface area contributed by atoms with E-state index in [2.05, 4.69) is 10.3 Å². The van der Waals surface area contributed by atoms with Crippen LogP contribution in [0, 0.1) is 6.92 Å². The lowest BCUT2D eigenvalue weighted by Crippen LogP contribution is -2.13. The number of anilines is 1. The fourth-order valence-electron chi connectivity index (χ4n) is 1.57. The number of hydrogen-bond donors (Lipinski definition) is 1. The van der Waals surface area contributed by atoms with Crippen molar-refractivity contribution >= 4 is 23.2 Å². The minimum absolute atomic E-state index is 0.0707. The van der Waals surface area contributed by atoms with Crippen LogP contribution in [0.4, 0.5) is 5.69 Å². The molecule has 0 saturated heterocycles. The molecule has 0 aromatic carbocycles. The van der Waals surface area contributed by atoms with Crippen molar-refractivity contribution in [1.82, 2.24) is 4.98 Å². The summed E-state index contributed by atoms with van der Waals surface area (Å²) in [5, 5.41) is 3.22. The topological polar surface area (TPSA) is 55.1 Å². The molecule has 4 nitrogen and oxygen atoms in total. The Kier molecular flexibility index (Phi) is 3.99. The van der Waals surface area contributed by atoms with Crippen LogP contribution in [0.2, 0.25) is 5.15 Å². The van der Waals surface area contributed by atoms with Gasteiger partial charge >= 0.3 is 0 Å². The Hall–Kier alpha value is -1.81. The van der Waals surface area contributed by atoms with E-state index in [9.17, 15) is 4.79 Å². The van der Waals surface area contributed by atoms with E-state index in [0.29, 0.717) is 29.4 Å². The molecule has 0 fully saturated rings. The van der Waals surface area contributed by atoms with Gasteiger partial charge in [-0.2, -0.15) is 0 Å². The first-order chi connectivity index (χ1) is 8.65. The normalized spacial score (nSPS) is 10.3. The van der Waals surface area contributed by atoms with Crippen LogP contribution in [0.25, 0.3) is 0 Å². The monoisotopic (exact) mass is 264 g/mol. The lowest BCUT2D eigenvalue weighted by Gasteiger charge is -2.07. The minimum Gasteiger partial charge on any atom is -0.469 e. The van der Waals surface area contributed by atoms with Crippen LogP contribution in [-0.2, 0) is 11.2 Å². The molecular weight excluding hydrogens is 252 g/mol. The highest BCUT2D eigenvalue weighted by Gasteiger charge is 2.07. The maximum Gasteiger partial charge on any atom is 0.224 e. The molecule has 0 aliphatic rings. The van der Waals surface area contributed by atoms with Crippen molar-refractivity contribution in [3.63, 3.8) is 0 Å². The van der Waals surface area contributed by atoms with Gasteiger partial charge in [0.2, 0.25) is 5.91 Å². The molecule has 1 amide bonds. The maximum absolute atomic E-state index is 11.7. The average Bonchev–Trinajstić information content (AvgIpc) is 2.83. The third-order valence-electron chi connectivity index (χ3n) is 2.50. The Morgan fingerprint density at radius 3 is 2.94 bits per heavy atom. The van der Waals surface area contributed by atoms with Gasteiger partial charge in [-0.3, -0.25) is 4.79 Å². The molecule has 2 aromatic heterocycles. The summed E-state index contributed by atoms with van der Waals surface area (Å²) in [6, 6.07) is 7.05. The van der Waals surface area contributed by atoms with Gasteiger partial charge in [0.05, 0.1) is 17.6 Å². The van der Waals surface area contributed by atoms with Crippen LogP contribution in [0.3, 0.4) is 0 Å². The van der Waals surface area contributed by atoms with Gasteiger partial charge in [0.25, 0.3) is 0 Å². The smallest absolute Gasteiger partial charge is 0.224 e. The molecule has 0 spiro atoms. The van der Waals surface area contributed by atoms with E-state index in [4.69, 9.17) is 16.0 Å². The zero-order valence-corrected chi connectivity index (χ0v) is 10.7. The number of hydrogen-bond acceptors (Lipinski definition) is 3. The number of carbonyl (C=O) groups is 1. The zero-order chi connectivity index (χ0) is 13.0. The van der Waals surface area contributed by atoms with Crippen LogP contribution in [0.5, 0.6) is 0 Å². The average molecular weight is 265 g/mol. The van der Waals surface area contributed by atoms with Crippen molar-refractivity contribution in [1.29, 1.82) is 0 Å².